The molecule has 0 N–H and O–H groups in total. The monoisotopic (exact) mass is 339 g/mol. The van der Waals surface area contributed by atoms with E-state index in [0.29, 0.717) is 16.7 Å². The molecule has 0 aliphatic rings. The van der Waals surface area contributed by atoms with Crippen LogP contribution in [-0.2, 0) is 17.5 Å². The predicted molar refractivity (Wildman–Crippen MR) is 75.2 cm³/mol. The number of hydrogen-bond acceptors (Lipinski definition) is 4. The number of nitrogens with zero attached hydrogens (tertiary/aromatic N) is 4. The normalized spacial score (nSPS) is 13.3. The Morgan fingerprint density at radius 1 is 1.35 bits per heavy atom. The molecule has 3 aromatic rings. The molecule has 9 heteroatoms. The molecule has 0 amide bonds. The smallest absolute Gasteiger partial charge is 0.331 e. The van der Waals surface area contributed by atoms with Crippen LogP contribution in [0.25, 0.3) is 11.4 Å². The van der Waals surface area contributed by atoms with Gasteiger partial charge < -0.3 is 4.52 Å². The molecule has 0 saturated heterocycles. The van der Waals surface area contributed by atoms with E-state index in [1.807, 2.05) is 0 Å². The molecule has 0 fully saturated rings. The number of benzene rings is 1. The van der Waals surface area contributed by atoms with E-state index in [1.165, 1.54) is 16.9 Å². The highest BCUT2D eigenvalue weighted by molar-refractivity contribution is 6.21. The molecule has 0 aliphatic heterocycles. The standard InChI is InChI=1S/C14H10ClF2N4O2/c1-21-7-10(6-18-21)11(22)8-3-2-4-9(5-8)12-19-13(23-20-12)14(15,16)17/h2-7,11H,1H3. The summed E-state index contributed by atoms with van der Waals surface area (Å²) in [5.74, 6) is -1.06. The van der Waals surface area contributed by atoms with Gasteiger partial charge in [-0.1, -0.05) is 23.4 Å². The number of aryl methyl sites for hydroxylation is 1. The third-order valence-electron chi connectivity index (χ3n) is 3.14. The van der Waals surface area contributed by atoms with Crippen molar-refractivity contribution < 1.29 is 18.4 Å². The number of hydrogen-bond donors (Lipinski definition) is 0. The second-order valence-corrected chi connectivity index (χ2v) is 5.35. The molecule has 3 rings (SSSR count). The molecule has 1 atom stereocenters. The van der Waals surface area contributed by atoms with E-state index in [9.17, 15) is 13.9 Å². The lowest BCUT2D eigenvalue weighted by atomic mass is 10.0. The van der Waals surface area contributed by atoms with Crippen LogP contribution in [0, 0.1) is 0 Å². The fourth-order valence-electron chi connectivity index (χ4n) is 2.06. The summed E-state index contributed by atoms with van der Waals surface area (Å²) in [5.41, 5.74) is 1.30. The van der Waals surface area contributed by atoms with E-state index < -0.39 is 17.4 Å². The van der Waals surface area contributed by atoms with Gasteiger partial charge in [-0.05, 0) is 23.2 Å². The minimum absolute atomic E-state index is 0.0689. The van der Waals surface area contributed by atoms with Gasteiger partial charge in [-0.15, -0.1) is 0 Å². The Balaban J connectivity index is 1.92. The lowest BCUT2D eigenvalue weighted by molar-refractivity contribution is 0.0551. The lowest BCUT2D eigenvalue weighted by Gasteiger charge is -2.07. The average Bonchev–Trinajstić information content (AvgIpc) is 3.15. The van der Waals surface area contributed by atoms with E-state index in [2.05, 4.69) is 19.8 Å². The summed E-state index contributed by atoms with van der Waals surface area (Å²) in [6, 6.07) is 6.35. The minimum Gasteiger partial charge on any atom is -0.331 e. The molecule has 2 aromatic heterocycles. The van der Waals surface area contributed by atoms with Crippen molar-refractivity contribution in [3.8, 4) is 11.4 Å². The van der Waals surface area contributed by atoms with E-state index in [-0.39, 0.29) is 5.82 Å². The maximum atomic E-state index is 12.9. The Hall–Kier alpha value is -2.32. The van der Waals surface area contributed by atoms with Crippen molar-refractivity contribution in [1.29, 1.82) is 0 Å². The SMILES string of the molecule is Cn1cc(C([O])c2cccc(-c3noc(C(F)(F)Cl)n3)c2)cn1. The molecule has 1 radical (unpaired) electrons. The minimum atomic E-state index is -3.74. The van der Waals surface area contributed by atoms with Gasteiger partial charge in [0.1, 0.15) is 6.10 Å². The van der Waals surface area contributed by atoms with Crippen molar-refractivity contribution in [2.24, 2.45) is 7.05 Å². The van der Waals surface area contributed by atoms with Crippen LogP contribution in [0.3, 0.4) is 0 Å². The van der Waals surface area contributed by atoms with Gasteiger partial charge >= 0.3 is 11.3 Å². The van der Waals surface area contributed by atoms with Crippen molar-refractivity contribution in [3.63, 3.8) is 0 Å². The van der Waals surface area contributed by atoms with Crippen LogP contribution in [0.1, 0.15) is 23.1 Å². The van der Waals surface area contributed by atoms with Crippen molar-refractivity contribution in [3.05, 3.63) is 53.7 Å². The lowest BCUT2D eigenvalue weighted by Crippen LogP contribution is -2.03. The second-order valence-electron chi connectivity index (χ2n) is 4.87. The van der Waals surface area contributed by atoms with Crippen LogP contribution in [0.4, 0.5) is 8.78 Å². The Morgan fingerprint density at radius 3 is 2.74 bits per heavy atom. The quantitative estimate of drug-likeness (QED) is 0.683. The van der Waals surface area contributed by atoms with Gasteiger partial charge in [0.25, 0.3) is 0 Å². The predicted octanol–water partition coefficient (Wildman–Crippen LogP) is 3.28. The zero-order chi connectivity index (χ0) is 16.6. The molecule has 0 aliphatic carbocycles. The number of rotatable bonds is 4. The Kier molecular flexibility index (Phi) is 3.87. The Bertz CT molecular complexity index is 828. The highest BCUT2D eigenvalue weighted by Gasteiger charge is 2.35. The zero-order valence-electron chi connectivity index (χ0n) is 11.8. The first-order valence-corrected chi connectivity index (χ1v) is 6.88. The molecule has 0 spiro atoms. The fourth-order valence-corrected chi connectivity index (χ4v) is 2.14. The van der Waals surface area contributed by atoms with Crippen molar-refractivity contribution >= 4 is 11.6 Å². The first kappa shape index (κ1) is 15.6. The molecule has 23 heavy (non-hydrogen) atoms. The van der Waals surface area contributed by atoms with Gasteiger partial charge in [-0.3, -0.25) is 4.68 Å². The summed E-state index contributed by atoms with van der Waals surface area (Å²) in [6.07, 6.45) is 1.93. The Labute approximate surface area is 134 Å². The summed E-state index contributed by atoms with van der Waals surface area (Å²) < 4.78 is 31.8. The summed E-state index contributed by atoms with van der Waals surface area (Å²) >= 11 is 4.83. The van der Waals surface area contributed by atoms with Crippen LogP contribution in [0.2, 0.25) is 0 Å². The molecule has 1 unspecified atom stereocenters. The van der Waals surface area contributed by atoms with Crippen molar-refractivity contribution in [2.45, 2.75) is 11.5 Å². The van der Waals surface area contributed by atoms with Gasteiger partial charge in [0.15, 0.2) is 0 Å². The van der Waals surface area contributed by atoms with Gasteiger partial charge in [0, 0.05) is 24.4 Å². The highest BCUT2D eigenvalue weighted by Crippen LogP contribution is 2.32. The average molecular weight is 340 g/mol. The van der Waals surface area contributed by atoms with Gasteiger partial charge in [-0.25, -0.2) is 5.11 Å². The fraction of sp³-hybridized carbons (Fsp3) is 0.214. The van der Waals surface area contributed by atoms with Crippen LogP contribution >= 0.6 is 11.6 Å². The van der Waals surface area contributed by atoms with E-state index in [0.717, 1.165) is 0 Å². The van der Waals surface area contributed by atoms with Gasteiger partial charge in [0.05, 0.1) is 6.20 Å². The number of alkyl halides is 3. The molecular weight excluding hydrogens is 330 g/mol. The Morgan fingerprint density at radius 2 is 2.13 bits per heavy atom. The summed E-state index contributed by atoms with van der Waals surface area (Å²) in [4.78, 5) is 3.55. The van der Waals surface area contributed by atoms with Crippen molar-refractivity contribution in [2.75, 3.05) is 0 Å². The molecular formula is C14H10ClF2N4O2. The van der Waals surface area contributed by atoms with E-state index in [1.54, 1.807) is 31.4 Å². The van der Waals surface area contributed by atoms with Gasteiger partial charge in [0.2, 0.25) is 5.82 Å². The summed E-state index contributed by atoms with van der Waals surface area (Å²) in [6.45, 7) is 0. The highest BCUT2D eigenvalue weighted by atomic mass is 35.5. The first-order chi connectivity index (χ1) is 10.8. The third kappa shape index (κ3) is 3.22. The molecule has 119 valence electrons. The van der Waals surface area contributed by atoms with E-state index >= 15 is 0 Å². The summed E-state index contributed by atoms with van der Waals surface area (Å²) in [5, 5.41) is 16.1. The number of halogens is 3. The topological polar surface area (TPSA) is 76.6 Å². The van der Waals surface area contributed by atoms with Crippen LogP contribution in [-0.4, -0.2) is 19.9 Å². The van der Waals surface area contributed by atoms with Crippen molar-refractivity contribution in [1.82, 2.24) is 19.9 Å². The third-order valence-corrected chi connectivity index (χ3v) is 3.31. The second kappa shape index (κ2) is 5.71. The molecule has 2 heterocycles. The zero-order valence-corrected chi connectivity index (χ0v) is 12.5. The molecule has 0 bridgehead atoms. The van der Waals surface area contributed by atoms with Gasteiger partial charge in [-0.2, -0.15) is 18.9 Å². The maximum Gasteiger partial charge on any atom is 0.400 e. The maximum absolute atomic E-state index is 12.9. The first-order valence-electron chi connectivity index (χ1n) is 6.50. The number of aromatic nitrogens is 4. The summed E-state index contributed by atoms with van der Waals surface area (Å²) in [7, 11) is 1.71. The van der Waals surface area contributed by atoms with Crippen LogP contribution in [0.5, 0.6) is 0 Å². The largest absolute Gasteiger partial charge is 0.400 e. The van der Waals surface area contributed by atoms with Crippen LogP contribution < -0.4 is 0 Å². The molecule has 1 aromatic carbocycles. The van der Waals surface area contributed by atoms with E-state index in [4.69, 9.17) is 11.6 Å². The molecule has 6 nitrogen and oxygen atoms in total. The van der Waals surface area contributed by atoms with Crippen LogP contribution in [0.15, 0.2) is 41.2 Å². The molecule has 0 saturated carbocycles.